The average molecular weight is 525 g/mol. The van der Waals surface area contributed by atoms with Crippen molar-refractivity contribution in [2.24, 2.45) is 11.3 Å². The average Bonchev–Trinajstić information content (AvgIpc) is 3.51. The van der Waals surface area contributed by atoms with Crippen molar-refractivity contribution in [3.05, 3.63) is 41.7 Å². The van der Waals surface area contributed by atoms with Gasteiger partial charge in [-0.3, -0.25) is 14.3 Å². The molecule has 0 saturated heterocycles. The summed E-state index contributed by atoms with van der Waals surface area (Å²) in [6, 6.07) is 6.83. The number of esters is 1. The SMILES string of the molecule is CCOC(=O)c1nc(CNC(=O)C(NC(=O)c2nn(CC3CCCCC3)c3ccccc23)C(C)(C)C)no1. The molecule has 2 aromatic heterocycles. The van der Waals surface area contributed by atoms with E-state index in [1.807, 2.05) is 49.7 Å². The number of nitrogens with one attached hydrogen (secondary N) is 2. The first kappa shape index (κ1) is 27.3. The van der Waals surface area contributed by atoms with Gasteiger partial charge in [0.05, 0.1) is 18.7 Å². The van der Waals surface area contributed by atoms with Crippen molar-refractivity contribution in [3.63, 3.8) is 0 Å². The molecule has 4 rings (SSSR count). The topological polar surface area (TPSA) is 141 Å². The van der Waals surface area contributed by atoms with E-state index in [0.717, 1.165) is 17.4 Å². The van der Waals surface area contributed by atoms with Crippen LogP contribution in [0.4, 0.5) is 0 Å². The lowest BCUT2D eigenvalue weighted by Crippen LogP contribution is -2.53. The molecule has 204 valence electrons. The molecule has 1 atom stereocenters. The van der Waals surface area contributed by atoms with E-state index in [4.69, 9.17) is 14.4 Å². The third-order valence-corrected chi connectivity index (χ3v) is 6.77. The Morgan fingerprint density at radius 3 is 2.61 bits per heavy atom. The molecule has 3 aromatic rings. The highest BCUT2D eigenvalue weighted by Crippen LogP contribution is 2.28. The van der Waals surface area contributed by atoms with Crippen LogP contribution in [0.15, 0.2) is 28.8 Å². The number of aromatic nitrogens is 4. The second kappa shape index (κ2) is 11.7. The monoisotopic (exact) mass is 524 g/mol. The molecular formula is C27H36N6O5. The van der Waals surface area contributed by atoms with Crippen LogP contribution in [0.3, 0.4) is 0 Å². The molecule has 0 spiro atoms. The van der Waals surface area contributed by atoms with Crippen molar-refractivity contribution < 1.29 is 23.6 Å². The Kier molecular flexibility index (Phi) is 8.43. The molecule has 1 fully saturated rings. The molecule has 1 saturated carbocycles. The van der Waals surface area contributed by atoms with Crippen LogP contribution in [-0.4, -0.2) is 50.4 Å². The summed E-state index contributed by atoms with van der Waals surface area (Å²) >= 11 is 0. The van der Waals surface area contributed by atoms with E-state index in [2.05, 4.69) is 20.8 Å². The third kappa shape index (κ3) is 6.38. The first-order valence-corrected chi connectivity index (χ1v) is 13.2. The van der Waals surface area contributed by atoms with Gasteiger partial charge in [-0.15, -0.1) is 0 Å². The Balaban J connectivity index is 1.48. The van der Waals surface area contributed by atoms with Gasteiger partial charge < -0.3 is 19.9 Å². The lowest BCUT2D eigenvalue weighted by Gasteiger charge is -2.30. The highest BCUT2D eigenvalue weighted by atomic mass is 16.6. The van der Waals surface area contributed by atoms with Gasteiger partial charge >= 0.3 is 11.9 Å². The van der Waals surface area contributed by atoms with Crippen LogP contribution in [-0.2, 0) is 22.6 Å². The number of hydrogen-bond acceptors (Lipinski definition) is 8. The number of carbonyl (C=O) groups is 3. The van der Waals surface area contributed by atoms with Crippen LogP contribution < -0.4 is 10.6 Å². The third-order valence-electron chi connectivity index (χ3n) is 6.77. The molecule has 0 radical (unpaired) electrons. The minimum absolute atomic E-state index is 0.0802. The Morgan fingerprint density at radius 1 is 1.16 bits per heavy atom. The molecule has 1 aliphatic carbocycles. The van der Waals surface area contributed by atoms with Gasteiger partial charge in [-0.25, -0.2) is 4.79 Å². The number of carbonyl (C=O) groups excluding carboxylic acids is 3. The van der Waals surface area contributed by atoms with Crippen molar-refractivity contribution in [1.82, 2.24) is 30.6 Å². The van der Waals surface area contributed by atoms with Crippen LogP contribution in [0.25, 0.3) is 10.9 Å². The van der Waals surface area contributed by atoms with Crippen molar-refractivity contribution in [2.75, 3.05) is 6.61 Å². The number of fused-ring (bicyclic) bond motifs is 1. The molecule has 0 bridgehead atoms. The highest BCUT2D eigenvalue weighted by molar-refractivity contribution is 6.06. The minimum Gasteiger partial charge on any atom is -0.459 e. The molecule has 1 aromatic carbocycles. The van der Waals surface area contributed by atoms with Gasteiger partial charge in [0.2, 0.25) is 5.91 Å². The molecular weight excluding hydrogens is 488 g/mol. The lowest BCUT2D eigenvalue weighted by molar-refractivity contribution is -0.125. The molecule has 11 nitrogen and oxygen atoms in total. The second-order valence-electron chi connectivity index (χ2n) is 10.8. The zero-order valence-corrected chi connectivity index (χ0v) is 22.5. The van der Waals surface area contributed by atoms with Crippen molar-refractivity contribution >= 4 is 28.7 Å². The predicted molar refractivity (Wildman–Crippen MR) is 139 cm³/mol. The zero-order chi connectivity index (χ0) is 27.3. The highest BCUT2D eigenvalue weighted by Gasteiger charge is 2.34. The van der Waals surface area contributed by atoms with E-state index in [9.17, 15) is 14.4 Å². The van der Waals surface area contributed by atoms with Gasteiger partial charge in [0.1, 0.15) is 6.04 Å². The van der Waals surface area contributed by atoms with Gasteiger partial charge in [-0.05, 0) is 37.2 Å². The van der Waals surface area contributed by atoms with Gasteiger partial charge in [-0.1, -0.05) is 63.4 Å². The first-order chi connectivity index (χ1) is 18.2. The summed E-state index contributed by atoms with van der Waals surface area (Å²) in [5.74, 6) is -1.18. The van der Waals surface area contributed by atoms with Crippen LogP contribution in [0.1, 0.15) is 86.8 Å². The molecule has 1 unspecified atom stereocenters. The Labute approximate surface area is 221 Å². The van der Waals surface area contributed by atoms with Gasteiger partial charge in [0.25, 0.3) is 5.91 Å². The van der Waals surface area contributed by atoms with Crippen LogP contribution in [0.2, 0.25) is 0 Å². The standard InChI is InChI=1S/C27H36N6O5/c1-5-37-26(36)25-29-20(32-38-25)15-28-24(35)22(27(2,3)4)30-23(34)21-18-13-9-10-14-19(18)33(31-21)16-17-11-7-6-8-12-17/h9-10,13-14,17,22H,5-8,11-12,15-16H2,1-4H3,(H,28,35)(H,30,34). The largest absolute Gasteiger partial charge is 0.459 e. The number of para-hydroxylation sites is 1. The summed E-state index contributed by atoms with van der Waals surface area (Å²) in [7, 11) is 0. The summed E-state index contributed by atoms with van der Waals surface area (Å²) < 4.78 is 11.7. The molecule has 1 aliphatic rings. The van der Waals surface area contributed by atoms with E-state index in [1.54, 1.807) is 6.92 Å². The maximum Gasteiger partial charge on any atom is 0.397 e. The van der Waals surface area contributed by atoms with E-state index in [0.29, 0.717) is 11.6 Å². The Morgan fingerprint density at radius 2 is 1.89 bits per heavy atom. The van der Waals surface area contributed by atoms with Gasteiger partial charge in [0.15, 0.2) is 11.5 Å². The smallest absolute Gasteiger partial charge is 0.397 e. The van der Waals surface area contributed by atoms with Gasteiger partial charge in [0, 0.05) is 11.9 Å². The Hall–Kier alpha value is -3.76. The molecule has 2 N–H and O–H groups in total. The van der Waals surface area contributed by atoms with Crippen molar-refractivity contribution in [2.45, 2.75) is 78.9 Å². The molecule has 0 aliphatic heterocycles. The number of amides is 2. The second-order valence-corrected chi connectivity index (χ2v) is 10.8. The summed E-state index contributed by atoms with van der Waals surface area (Å²) in [6.07, 6.45) is 6.08. The number of ether oxygens (including phenoxy) is 1. The fourth-order valence-corrected chi connectivity index (χ4v) is 4.79. The van der Waals surface area contributed by atoms with Crippen LogP contribution >= 0.6 is 0 Å². The molecule has 2 amide bonds. The van der Waals surface area contributed by atoms with E-state index in [-0.39, 0.29) is 24.9 Å². The summed E-state index contributed by atoms with van der Waals surface area (Å²) in [6.45, 7) is 8.13. The van der Waals surface area contributed by atoms with E-state index in [1.165, 1.54) is 32.1 Å². The fraction of sp³-hybridized carbons (Fsp3) is 0.556. The number of hydrogen-bond donors (Lipinski definition) is 2. The number of nitrogens with zero attached hydrogens (tertiary/aromatic N) is 4. The first-order valence-electron chi connectivity index (χ1n) is 13.2. The summed E-state index contributed by atoms with van der Waals surface area (Å²) in [5.41, 5.74) is 0.610. The summed E-state index contributed by atoms with van der Waals surface area (Å²) in [4.78, 5) is 42.3. The number of rotatable bonds is 9. The quantitative estimate of drug-likeness (QED) is 0.404. The fourth-order valence-electron chi connectivity index (χ4n) is 4.79. The maximum absolute atomic E-state index is 13.5. The molecule has 2 heterocycles. The number of benzene rings is 1. The normalized spacial score (nSPS) is 15.3. The maximum atomic E-state index is 13.5. The van der Waals surface area contributed by atoms with Gasteiger partial charge in [-0.2, -0.15) is 10.1 Å². The van der Waals surface area contributed by atoms with Crippen molar-refractivity contribution in [1.29, 1.82) is 0 Å². The van der Waals surface area contributed by atoms with Crippen LogP contribution in [0.5, 0.6) is 0 Å². The van der Waals surface area contributed by atoms with Crippen molar-refractivity contribution in [3.8, 4) is 0 Å². The Bertz CT molecular complexity index is 1280. The van der Waals surface area contributed by atoms with E-state index >= 15 is 0 Å². The summed E-state index contributed by atoms with van der Waals surface area (Å²) in [5, 5.41) is 14.8. The predicted octanol–water partition coefficient (Wildman–Crippen LogP) is 3.64. The van der Waals surface area contributed by atoms with Crippen LogP contribution in [0, 0.1) is 11.3 Å². The lowest BCUT2D eigenvalue weighted by atomic mass is 9.86. The van der Waals surface area contributed by atoms with E-state index < -0.39 is 29.2 Å². The molecule has 11 heteroatoms. The minimum atomic E-state index is -0.867. The molecule has 38 heavy (non-hydrogen) atoms. The zero-order valence-electron chi connectivity index (χ0n) is 22.5.